The fourth-order valence-corrected chi connectivity index (χ4v) is 1.52. The molecule has 7 nitrogen and oxygen atoms in total. The van der Waals surface area contributed by atoms with Crippen molar-refractivity contribution in [3.8, 4) is 0 Å². The summed E-state index contributed by atoms with van der Waals surface area (Å²) in [4.78, 5) is 21.6. The van der Waals surface area contributed by atoms with E-state index < -0.39 is 24.1 Å². The topological polar surface area (TPSA) is 93.1 Å². The zero-order chi connectivity index (χ0) is 15.1. The van der Waals surface area contributed by atoms with Gasteiger partial charge in [-0.05, 0) is 0 Å². The molecule has 2 N–H and O–H groups in total. The van der Waals surface area contributed by atoms with Crippen LogP contribution in [0.4, 0.5) is 0 Å². The standard InChI is InChI=1S/C12H23NO6/c1-9(14)19-8-10(15)7-18-6-5-11(12(16)17)13(2,3)4/h10-11,15H,5-8H2,1-4H3/p+1. The Kier molecular flexibility index (Phi) is 7.58. The number of ether oxygens (including phenoxy) is 2. The molecule has 7 heteroatoms. The second-order valence-electron chi connectivity index (χ2n) is 5.29. The van der Waals surface area contributed by atoms with E-state index in [2.05, 4.69) is 4.74 Å². The Morgan fingerprint density at radius 2 is 1.79 bits per heavy atom. The Morgan fingerprint density at radius 3 is 2.21 bits per heavy atom. The molecule has 0 aliphatic heterocycles. The highest BCUT2D eigenvalue weighted by atomic mass is 16.5. The molecule has 112 valence electrons. The largest absolute Gasteiger partial charge is 0.477 e. The summed E-state index contributed by atoms with van der Waals surface area (Å²) in [6.45, 7) is 1.37. The monoisotopic (exact) mass is 278 g/mol. The molecular formula is C12H24NO6+. The maximum Gasteiger partial charge on any atom is 0.362 e. The van der Waals surface area contributed by atoms with Gasteiger partial charge in [0.05, 0.1) is 34.4 Å². The summed E-state index contributed by atoms with van der Waals surface area (Å²) in [6.07, 6.45) is -0.546. The minimum absolute atomic E-state index is 0.0107. The number of carbonyl (C=O) groups is 2. The Balaban J connectivity index is 3.89. The van der Waals surface area contributed by atoms with Gasteiger partial charge >= 0.3 is 11.9 Å². The number of likely N-dealkylation sites (N-methyl/N-ethyl adjacent to an activating group) is 1. The molecule has 0 radical (unpaired) electrons. The van der Waals surface area contributed by atoms with Gasteiger partial charge in [-0.3, -0.25) is 4.79 Å². The van der Waals surface area contributed by atoms with Crippen LogP contribution in [0.15, 0.2) is 0 Å². The van der Waals surface area contributed by atoms with Crippen molar-refractivity contribution >= 4 is 11.9 Å². The van der Waals surface area contributed by atoms with E-state index in [9.17, 15) is 14.7 Å². The van der Waals surface area contributed by atoms with Crippen LogP contribution in [-0.2, 0) is 19.1 Å². The van der Waals surface area contributed by atoms with Crippen molar-refractivity contribution in [3.63, 3.8) is 0 Å². The fourth-order valence-electron chi connectivity index (χ4n) is 1.52. The summed E-state index contributed by atoms with van der Waals surface area (Å²) in [6, 6.07) is -0.564. The summed E-state index contributed by atoms with van der Waals surface area (Å²) in [5, 5.41) is 18.5. The van der Waals surface area contributed by atoms with Gasteiger partial charge in [-0.15, -0.1) is 0 Å². The molecule has 0 amide bonds. The van der Waals surface area contributed by atoms with Gasteiger partial charge in [-0.25, -0.2) is 4.79 Å². The molecule has 0 spiro atoms. The normalized spacial score (nSPS) is 14.8. The van der Waals surface area contributed by atoms with Crippen LogP contribution in [-0.4, -0.2) is 79.7 Å². The van der Waals surface area contributed by atoms with Gasteiger partial charge in [0, 0.05) is 13.3 Å². The SMILES string of the molecule is CC(=O)OCC(O)COCCC(C(=O)O)[N+](C)(C)C. The van der Waals surface area contributed by atoms with E-state index in [0.717, 1.165) is 0 Å². The van der Waals surface area contributed by atoms with Gasteiger partial charge in [0.15, 0.2) is 6.04 Å². The summed E-state index contributed by atoms with van der Waals surface area (Å²) in [7, 11) is 5.40. The third-order valence-corrected chi connectivity index (χ3v) is 2.54. The average Bonchev–Trinajstić information content (AvgIpc) is 2.23. The van der Waals surface area contributed by atoms with Crippen molar-refractivity contribution in [1.82, 2.24) is 0 Å². The minimum Gasteiger partial charge on any atom is -0.477 e. The molecule has 19 heavy (non-hydrogen) atoms. The molecule has 2 atom stereocenters. The first-order valence-electron chi connectivity index (χ1n) is 6.07. The number of quaternary nitrogens is 1. The van der Waals surface area contributed by atoms with E-state index >= 15 is 0 Å². The quantitative estimate of drug-likeness (QED) is 0.335. The summed E-state index contributed by atoms with van der Waals surface area (Å²) < 4.78 is 10.1. The molecule has 0 fully saturated rings. The maximum absolute atomic E-state index is 11.1. The van der Waals surface area contributed by atoms with Crippen molar-refractivity contribution in [2.24, 2.45) is 0 Å². The Hall–Kier alpha value is -1.18. The van der Waals surface area contributed by atoms with Gasteiger partial charge in [0.2, 0.25) is 0 Å². The third kappa shape index (κ3) is 8.52. The van der Waals surface area contributed by atoms with Crippen LogP contribution in [0.1, 0.15) is 13.3 Å². The van der Waals surface area contributed by atoms with Crippen molar-refractivity contribution < 1.29 is 33.8 Å². The molecule has 0 aromatic carbocycles. The van der Waals surface area contributed by atoms with Crippen LogP contribution >= 0.6 is 0 Å². The predicted octanol–water partition coefficient (Wildman–Crippen LogP) is -0.523. The number of hydrogen-bond acceptors (Lipinski definition) is 5. The Labute approximate surface area is 113 Å². The number of carboxylic acids is 1. The average molecular weight is 278 g/mol. The predicted molar refractivity (Wildman–Crippen MR) is 67.5 cm³/mol. The van der Waals surface area contributed by atoms with Crippen LogP contribution in [0, 0.1) is 0 Å². The van der Waals surface area contributed by atoms with Gasteiger partial charge in [-0.1, -0.05) is 0 Å². The molecule has 0 saturated carbocycles. The number of carbonyl (C=O) groups excluding carboxylic acids is 1. The molecule has 0 bridgehead atoms. The number of hydrogen-bond donors (Lipinski definition) is 2. The van der Waals surface area contributed by atoms with E-state index in [4.69, 9.17) is 9.84 Å². The molecule has 0 aromatic heterocycles. The number of aliphatic hydroxyl groups excluding tert-OH is 1. The van der Waals surface area contributed by atoms with E-state index in [1.807, 2.05) is 0 Å². The Bertz CT molecular complexity index is 299. The Morgan fingerprint density at radius 1 is 1.21 bits per heavy atom. The van der Waals surface area contributed by atoms with Crippen LogP contribution in [0.25, 0.3) is 0 Å². The van der Waals surface area contributed by atoms with Gasteiger partial charge in [0.25, 0.3) is 0 Å². The van der Waals surface area contributed by atoms with Gasteiger partial charge < -0.3 is 24.2 Å². The van der Waals surface area contributed by atoms with E-state index in [1.165, 1.54) is 6.92 Å². The van der Waals surface area contributed by atoms with Gasteiger partial charge in [-0.2, -0.15) is 0 Å². The number of esters is 1. The molecule has 0 aliphatic rings. The third-order valence-electron chi connectivity index (χ3n) is 2.54. The fraction of sp³-hybridized carbons (Fsp3) is 0.833. The zero-order valence-corrected chi connectivity index (χ0v) is 12.0. The van der Waals surface area contributed by atoms with Crippen molar-refractivity contribution in [1.29, 1.82) is 0 Å². The lowest BCUT2D eigenvalue weighted by molar-refractivity contribution is -0.887. The first-order valence-corrected chi connectivity index (χ1v) is 6.07. The highest BCUT2D eigenvalue weighted by Gasteiger charge is 2.30. The lowest BCUT2D eigenvalue weighted by atomic mass is 10.1. The molecule has 2 unspecified atom stereocenters. The van der Waals surface area contributed by atoms with E-state index in [-0.39, 0.29) is 19.8 Å². The number of rotatable bonds is 9. The second-order valence-corrected chi connectivity index (χ2v) is 5.29. The number of nitrogens with zero attached hydrogens (tertiary/aromatic N) is 1. The summed E-state index contributed by atoms with van der Waals surface area (Å²) in [5.74, 6) is -1.34. The number of carboxylic acid groups (broad SMARTS) is 1. The van der Waals surface area contributed by atoms with E-state index in [0.29, 0.717) is 10.9 Å². The van der Waals surface area contributed by atoms with Crippen LogP contribution < -0.4 is 0 Å². The van der Waals surface area contributed by atoms with Crippen LogP contribution in [0.2, 0.25) is 0 Å². The minimum atomic E-state index is -0.892. The van der Waals surface area contributed by atoms with Crippen molar-refractivity contribution in [2.45, 2.75) is 25.5 Å². The summed E-state index contributed by atoms with van der Waals surface area (Å²) in [5.41, 5.74) is 0. The number of aliphatic carboxylic acids is 1. The van der Waals surface area contributed by atoms with Crippen molar-refractivity contribution in [3.05, 3.63) is 0 Å². The second kappa shape index (κ2) is 8.08. The molecule has 0 aliphatic carbocycles. The highest BCUT2D eigenvalue weighted by Crippen LogP contribution is 2.08. The molecular weight excluding hydrogens is 254 g/mol. The van der Waals surface area contributed by atoms with Gasteiger partial charge in [0.1, 0.15) is 12.7 Å². The molecule has 0 saturated heterocycles. The number of aliphatic hydroxyl groups is 1. The van der Waals surface area contributed by atoms with Crippen LogP contribution in [0.5, 0.6) is 0 Å². The van der Waals surface area contributed by atoms with Crippen molar-refractivity contribution in [2.75, 3.05) is 41.0 Å². The van der Waals surface area contributed by atoms with E-state index in [1.54, 1.807) is 21.1 Å². The summed E-state index contributed by atoms with van der Waals surface area (Å²) >= 11 is 0. The highest BCUT2D eigenvalue weighted by molar-refractivity contribution is 5.72. The molecule has 0 rings (SSSR count). The maximum atomic E-state index is 11.1. The molecule has 0 heterocycles. The van der Waals surface area contributed by atoms with Crippen LogP contribution in [0.3, 0.4) is 0 Å². The molecule has 0 aromatic rings. The smallest absolute Gasteiger partial charge is 0.362 e. The lowest BCUT2D eigenvalue weighted by Gasteiger charge is -2.31. The zero-order valence-electron chi connectivity index (χ0n) is 12.0. The lowest BCUT2D eigenvalue weighted by Crippen LogP contribution is -2.50. The first kappa shape index (κ1) is 17.8. The first-order chi connectivity index (χ1) is 8.64.